The molecule has 1 aromatic rings. The number of rotatable bonds is 6. The molecule has 25 heavy (non-hydrogen) atoms. The van der Waals surface area contributed by atoms with Gasteiger partial charge in [-0.1, -0.05) is 6.07 Å². The fourth-order valence-electron chi connectivity index (χ4n) is 3.51. The fourth-order valence-corrected chi connectivity index (χ4v) is 3.51. The summed E-state index contributed by atoms with van der Waals surface area (Å²) in [6.45, 7) is 7.23. The van der Waals surface area contributed by atoms with Crippen LogP contribution < -0.4 is 5.32 Å². The van der Waals surface area contributed by atoms with Crippen LogP contribution in [0, 0.1) is 11.6 Å². The number of nitrogens with zero attached hydrogens (tertiary/aromatic N) is 2. The number of ether oxygens (including phenoxy) is 1. The highest BCUT2D eigenvalue weighted by Crippen LogP contribution is 2.16. The number of nitrogens with one attached hydrogen (secondary N) is 1. The molecule has 0 spiro atoms. The van der Waals surface area contributed by atoms with Crippen LogP contribution in [-0.4, -0.2) is 79.5 Å². The second-order valence-electron chi connectivity index (χ2n) is 6.85. The largest absolute Gasteiger partial charge is 0.390 e. The standard InChI is InChI=1S/C18H27F2N3O2/c19-15-2-1-14(11-16(15)20)12-23-5-3-17(18(24)13-23)21-4-6-22-7-9-25-10-8-22/h1-2,11,17-18,21,24H,3-10,12-13H2/t17-,18-/m1/s1. The van der Waals surface area contributed by atoms with Crippen LogP contribution >= 0.6 is 0 Å². The monoisotopic (exact) mass is 355 g/mol. The van der Waals surface area contributed by atoms with E-state index in [9.17, 15) is 13.9 Å². The molecule has 2 fully saturated rings. The van der Waals surface area contributed by atoms with E-state index < -0.39 is 17.7 Å². The number of piperidine rings is 1. The molecule has 5 nitrogen and oxygen atoms in total. The molecule has 0 saturated carbocycles. The van der Waals surface area contributed by atoms with Crippen molar-refractivity contribution in [3.63, 3.8) is 0 Å². The lowest BCUT2D eigenvalue weighted by atomic mass is 10.0. The SMILES string of the molecule is O[C@@H]1CN(Cc2ccc(F)c(F)c2)CC[C@H]1NCCN1CCOCC1. The van der Waals surface area contributed by atoms with Crippen LogP contribution in [0.4, 0.5) is 8.78 Å². The maximum atomic E-state index is 13.3. The molecule has 7 heteroatoms. The molecule has 2 saturated heterocycles. The second-order valence-corrected chi connectivity index (χ2v) is 6.85. The van der Waals surface area contributed by atoms with Crippen LogP contribution in [0.5, 0.6) is 0 Å². The van der Waals surface area contributed by atoms with Gasteiger partial charge in [0.25, 0.3) is 0 Å². The summed E-state index contributed by atoms with van der Waals surface area (Å²) < 4.78 is 31.6. The van der Waals surface area contributed by atoms with Gasteiger partial charge in [0.2, 0.25) is 0 Å². The Balaban J connectivity index is 1.40. The number of benzene rings is 1. The first-order valence-electron chi connectivity index (χ1n) is 8.99. The van der Waals surface area contributed by atoms with Crippen molar-refractivity contribution in [2.24, 2.45) is 0 Å². The number of aliphatic hydroxyl groups excluding tert-OH is 1. The van der Waals surface area contributed by atoms with Crippen LogP contribution in [0.2, 0.25) is 0 Å². The van der Waals surface area contributed by atoms with Gasteiger partial charge in [0.1, 0.15) is 0 Å². The third-order valence-electron chi connectivity index (χ3n) is 4.99. The number of halogens is 2. The first-order valence-corrected chi connectivity index (χ1v) is 8.99. The quantitative estimate of drug-likeness (QED) is 0.791. The molecule has 0 radical (unpaired) electrons. The fraction of sp³-hybridized carbons (Fsp3) is 0.667. The summed E-state index contributed by atoms with van der Waals surface area (Å²) in [6, 6.07) is 4.06. The lowest BCUT2D eigenvalue weighted by Gasteiger charge is -2.37. The third kappa shape index (κ3) is 5.43. The minimum atomic E-state index is -0.827. The van der Waals surface area contributed by atoms with E-state index >= 15 is 0 Å². The van der Waals surface area contributed by atoms with Crippen molar-refractivity contribution < 1.29 is 18.6 Å². The summed E-state index contributed by atoms with van der Waals surface area (Å²) in [5.41, 5.74) is 0.727. The van der Waals surface area contributed by atoms with Gasteiger partial charge in [-0.15, -0.1) is 0 Å². The highest BCUT2D eigenvalue weighted by molar-refractivity contribution is 5.17. The van der Waals surface area contributed by atoms with E-state index in [-0.39, 0.29) is 6.04 Å². The number of β-amino-alcohol motifs (C(OH)–C–C–N with tert-alkyl or cyclic N) is 1. The number of morpholine rings is 1. The Morgan fingerprint density at radius 1 is 1.12 bits per heavy atom. The summed E-state index contributed by atoms with van der Waals surface area (Å²) in [5, 5.41) is 13.8. The van der Waals surface area contributed by atoms with Gasteiger partial charge >= 0.3 is 0 Å². The normalized spacial score (nSPS) is 26.0. The smallest absolute Gasteiger partial charge is 0.159 e. The molecular weight excluding hydrogens is 328 g/mol. The Bertz CT molecular complexity index is 555. The maximum Gasteiger partial charge on any atom is 0.159 e. The van der Waals surface area contributed by atoms with Gasteiger partial charge in [-0.3, -0.25) is 9.80 Å². The average molecular weight is 355 g/mol. The summed E-state index contributed by atoms with van der Waals surface area (Å²) >= 11 is 0. The molecule has 1 aromatic carbocycles. The van der Waals surface area contributed by atoms with Gasteiger partial charge in [-0.25, -0.2) is 8.78 Å². The molecule has 0 amide bonds. The van der Waals surface area contributed by atoms with Gasteiger partial charge in [-0.2, -0.15) is 0 Å². The van der Waals surface area contributed by atoms with Crippen LogP contribution in [0.15, 0.2) is 18.2 Å². The Morgan fingerprint density at radius 3 is 2.64 bits per heavy atom. The molecule has 2 N–H and O–H groups in total. The molecule has 0 aromatic heterocycles. The zero-order valence-corrected chi connectivity index (χ0v) is 14.5. The van der Waals surface area contributed by atoms with Gasteiger partial charge in [0, 0.05) is 51.9 Å². The van der Waals surface area contributed by atoms with Crippen molar-refractivity contribution in [1.82, 2.24) is 15.1 Å². The first kappa shape index (κ1) is 18.7. The Hall–Kier alpha value is -1.12. The van der Waals surface area contributed by atoms with Crippen LogP contribution in [0.3, 0.4) is 0 Å². The summed E-state index contributed by atoms with van der Waals surface area (Å²) in [6.07, 6.45) is 0.386. The van der Waals surface area contributed by atoms with Gasteiger partial charge in [-0.05, 0) is 24.1 Å². The minimum Gasteiger partial charge on any atom is -0.390 e. The van der Waals surface area contributed by atoms with Crippen molar-refractivity contribution in [3.8, 4) is 0 Å². The number of hydrogen-bond donors (Lipinski definition) is 2. The molecule has 2 heterocycles. The highest BCUT2D eigenvalue weighted by Gasteiger charge is 2.27. The summed E-state index contributed by atoms with van der Waals surface area (Å²) in [7, 11) is 0. The van der Waals surface area contributed by atoms with Crippen LogP contribution in [0.25, 0.3) is 0 Å². The lowest BCUT2D eigenvalue weighted by Crippen LogP contribution is -2.53. The van der Waals surface area contributed by atoms with Gasteiger partial charge < -0.3 is 15.2 Å². The van der Waals surface area contributed by atoms with Crippen molar-refractivity contribution in [3.05, 3.63) is 35.4 Å². The van der Waals surface area contributed by atoms with Crippen molar-refractivity contribution in [2.45, 2.75) is 25.1 Å². The van der Waals surface area contributed by atoms with Crippen molar-refractivity contribution in [1.29, 1.82) is 0 Å². The molecule has 0 aliphatic carbocycles. The molecule has 2 atom stereocenters. The zero-order valence-electron chi connectivity index (χ0n) is 14.5. The van der Waals surface area contributed by atoms with E-state index in [0.717, 1.165) is 64.0 Å². The maximum absolute atomic E-state index is 13.3. The molecule has 0 unspecified atom stereocenters. The highest BCUT2D eigenvalue weighted by atomic mass is 19.2. The second kappa shape index (κ2) is 9.00. The molecular formula is C18H27F2N3O2. The summed E-state index contributed by atoms with van der Waals surface area (Å²) in [4.78, 5) is 4.44. The predicted molar refractivity (Wildman–Crippen MR) is 91.3 cm³/mol. The molecule has 2 aliphatic heterocycles. The van der Waals surface area contributed by atoms with E-state index in [0.29, 0.717) is 13.1 Å². The van der Waals surface area contributed by atoms with Crippen molar-refractivity contribution >= 4 is 0 Å². The Morgan fingerprint density at radius 2 is 1.92 bits per heavy atom. The predicted octanol–water partition coefficient (Wildman–Crippen LogP) is 0.822. The molecule has 3 rings (SSSR count). The summed E-state index contributed by atoms with van der Waals surface area (Å²) in [5.74, 6) is -1.65. The van der Waals surface area contributed by atoms with E-state index in [1.807, 2.05) is 0 Å². The van der Waals surface area contributed by atoms with Crippen LogP contribution in [-0.2, 0) is 11.3 Å². The Kier molecular flexibility index (Phi) is 6.72. The Labute approximate surface area is 147 Å². The van der Waals surface area contributed by atoms with E-state index in [1.54, 1.807) is 6.07 Å². The lowest BCUT2D eigenvalue weighted by molar-refractivity contribution is 0.0268. The van der Waals surface area contributed by atoms with E-state index in [1.165, 1.54) is 6.07 Å². The van der Waals surface area contributed by atoms with Gasteiger partial charge in [0.05, 0.1) is 19.3 Å². The first-order chi connectivity index (χ1) is 12.1. The number of hydrogen-bond acceptors (Lipinski definition) is 5. The average Bonchev–Trinajstić information content (AvgIpc) is 2.61. The topological polar surface area (TPSA) is 48.0 Å². The number of likely N-dealkylation sites (tertiary alicyclic amines) is 1. The third-order valence-corrected chi connectivity index (χ3v) is 4.99. The van der Waals surface area contributed by atoms with Gasteiger partial charge in [0.15, 0.2) is 11.6 Å². The van der Waals surface area contributed by atoms with Crippen molar-refractivity contribution in [2.75, 3.05) is 52.5 Å². The van der Waals surface area contributed by atoms with E-state index in [2.05, 4.69) is 15.1 Å². The molecule has 0 bridgehead atoms. The zero-order chi connectivity index (χ0) is 17.6. The molecule has 140 valence electrons. The van der Waals surface area contributed by atoms with E-state index in [4.69, 9.17) is 4.74 Å². The van der Waals surface area contributed by atoms with Crippen LogP contribution in [0.1, 0.15) is 12.0 Å². The molecule has 2 aliphatic rings. The minimum absolute atomic E-state index is 0.0854. The number of aliphatic hydroxyl groups is 1.